The summed E-state index contributed by atoms with van der Waals surface area (Å²) in [5.41, 5.74) is 0.254. The molecule has 0 aliphatic heterocycles. The molecule has 1 aromatic carbocycles. The van der Waals surface area contributed by atoms with E-state index in [0.29, 0.717) is 14.8 Å². The number of H-pyrrole nitrogens is 1. The van der Waals surface area contributed by atoms with Crippen LogP contribution in [0.4, 0.5) is 4.39 Å². The van der Waals surface area contributed by atoms with E-state index in [2.05, 4.69) is 4.98 Å². The minimum absolute atomic E-state index is 0.199. The van der Waals surface area contributed by atoms with Crippen LogP contribution in [-0.2, 0) is 0 Å². The van der Waals surface area contributed by atoms with Crippen molar-refractivity contribution in [3.8, 4) is 0 Å². The average molecular weight is 315 g/mol. The maximum atomic E-state index is 13.1. The molecule has 0 bridgehead atoms. The second-order valence-corrected chi connectivity index (χ2v) is 5.55. The number of carbonyl (C=O) groups excluding carboxylic acids is 1. The Morgan fingerprint density at radius 3 is 2.86 bits per heavy atom. The van der Waals surface area contributed by atoms with Gasteiger partial charge in [-0.05, 0) is 35.9 Å². The molecule has 6 heteroatoms. The van der Waals surface area contributed by atoms with E-state index in [1.165, 1.54) is 24.5 Å². The number of aromatic nitrogens is 1. The Labute approximate surface area is 127 Å². The summed E-state index contributed by atoms with van der Waals surface area (Å²) < 4.78 is 18.9. The molecule has 0 radical (unpaired) electrons. The minimum atomic E-state index is -0.374. The predicted octanol–water partition coefficient (Wildman–Crippen LogP) is 1.66. The number of hydrogen-bond acceptors (Lipinski definition) is 4. The average Bonchev–Trinajstić information content (AvgIpc) is 3.10. The van der Waals surface area contributed by atoms with E-state index >= 15 is 0 Å². The SMILES string of the molecule is O=C(C=c1[nH]c(=O)c(=Cc2cccc(F)c2)s1)c1ccco1. The molecule has 2 aromatic heterocycles. The lowest BCUT2D eigenvalue weighted by Crippen LogP contribution is -2.20. The Hall–Kier alpha value is -2.73. The van der Waals surface area contributed by atoms with Crippen LogP contribution in [0.3, 0.4) is 0 Å². The zero-order valence-corrected chi connectivity index (χ0v) is 12.0. The standard InChI is InChI=1S/C16H10FNO3S/c17-11-4-1-3-10(7-11)8-14-16(20)18-15(22-14)9-12(19)13-5-2-6-21-13/h1-9H,(H,18,20). The Morgan fingerprint density at radius 1 is 1.27 bits per heavy atom. The summed E-state index contributed by atoms with van der Waals surface area (Å²) in [6, 6.07) is 9.08. The van der Waals surface area contributed by atoms with Crippen LogP contribution in [0.1, 0.15) is 16.1 Å². The second kappa shape index (κ2) is 5.95. The fraction of sp³-hybridized carbons (Fsp3) is 0. The normalized spacial score (nSPS) is 12.8. The molecule has 0 unspecified atom stereocenters. The van der Waals surface area contributed by atoms with E-state index in [1.807, 2.05) is 0 Å². The highest BCUT2D eigenvalue weighted by atomic mass is 32.1. The monoisotopic (exact) mass is 315 g/mol. The quantitative estimate of drug-likeness (QED) is 0.748. The minimum Gasteiger partial charge on any atom is -0.461 e. The van der Waals surface area contributed by atoms with Gasteiger partial charge < -0.3 is 9.40 Å². The molecule has 0 saturated heterocycles. The molecule has 0 atom stereocenters. The van der Waals surface area contributed by atoms with Crippen LogP contribution >= 0.6 is 11.3 Å². The van der Waals surface area contributed by atoms with Gasteiger partial charge in [0.05, 0.1) is 15.5 Å². The number of carbonyl (C=O) groups is 1. The maximum absolute atomic E-state index is 13.1. The predicted molar refractivity (Wildman–Crippen MR) is 81.7 cm³/mol. The Bertz CT molecular complexity index is 983. The summed E-state index contributed by atoms with van der Waals surface area (Å²) in [7, 11) is 0. The van der Waals surface area contributed by atoms with Gasteiger partial charge in [0, 0.05) is 6.08 Å². The third kappa shape index (κ3) is 3.12. The molecule has 0 aliphatic carbocycles. The summed E-state index contributed by atoms with van der Waals surface area (Å²) in [4.78, 5) is 26.3. The highest BCUT2D eigenvalue weighted by Gasteiger charge is 2.05. The first kappa shape index (κ1) is 14.2. The van der Waals surface area contributed by atoms with Gasteiger partial charge in [-0.2, -0.15) is 0 Å². The van der Waals surface area contributed by atoms with Gasteiger partial charge in [0.15, 0.2) is 5.76 Å². The number of ketones is 1. The van der Waals surface area contributed by atoms with Crippen molar-refractivity contribution in [3.63, 3.8) is 0 Å². The third-order valence-corrected chi connectivity index (χ3v) is 3.82. The van der Waals surface area contributed by atoms with Crippen LogP contribution in [0.2, 0.25) is 0 Å². The molecule has 1 N–H and O–H groups in total. The van der Waals surface area contributed by atoms with Gasteiger partial charge in [-0.25, -0.2) is 4.39 Å². The van der Waals surface area contributed by atoms with Gasteiger partial charge in [-0.3, -0.25) is 9.59 Å². The molecule has 0 spiro atoms. The number of hydrogen-bond donors (Lipinski definition) is 1. The number of nitrogens with one attached hydrogen (secondary N) is 1. The zero-order valence-electron chi connectivity index (χ0n) is 11.2. The van der Waals surface area contributed by atoms with Crippen molar-refractivity contribution in [1.29, 1.82) is 0 Å². The fourth-order valence-corrected chi connectivity index (χ4v) is 2.77. The van der Waals surface area contributed by atoms with Gasteiger partial charge >= 0.3 is 0 Å². The first-order valence-corrected chi connectivity index (χ1v) is 7.19. The van der Waals surface area contributed by atoms with Gasteiger partial charge in [-0.1, -0.05) is 12.1 Å². The maximum Gasteiger partial charge on any atom is 0.266 e. The number of aromatic amines is 1. The van der Waals surface area contributed by atoms with E-state index in [9.17, 15) is 14.0 Å². The van der Waals surface area contributed by atoms with E-state index in [1.54, 1.807) is 30.3 Å². The molecule has 3 rings (SSSR count). The molecule has 2 heterocycles. The number of benzene rings is 1. The number of thiazole rings is 1. The van der Waals surface area contributed by atoms with E-state index in [0.717, 1.165) is 11.3 Å². The van der Waals surface area contributed by atoms with E-state index < -0.39 is 0 Å². The van der Waals surface area contributed by atoms with Gasteiger partial charge in [0.2, 0.25) is 5.78 Å². The van der Waals surface area contributed by atoms with Gasteiger partial charge in [0.25, 0.3) is 5.56 Å². The van der Waals surface area contributed by atoms with Crippen molar-refractivity contribution >= 4 is 29.3 Å². The van der Waals surface area contributed by atoms with Crippen molar-refractivity contribution < 1.29 is 13.6 Å². The lowest BCUT2D eigenvalue weighted by molar-refractivity contribution is 0.103. The van der Waals surface area contributed by atoms with E-state index in [4.69, 9.17) is 4.42 Å². The second-order valence-electron chi connectivity index (χ2n) is 4.47. The van der Waals surface area contributed by atoms with Crippen molar-refractivity contribution in [2.24, 2.45) is 0 Å². The number of Topliss-reactive ketones (excluding diaryl/α,β-unsaturated/α-hetero) is 1. The fourth-order valence-electron chi connectivity index (χ4n) is 1.88. The summed E-state index contributed by atoms with van der Waals surface area (Å²) in [5, 5.41) is 0. The topological polar surface area (TPSA) is 63.1 Å². The van der Waals surface area contributed by atoms with Crippen LogP contribution < -0.4 is 14.8 Å². The summed E-state index contributed by atoms with van der Waals surface area (Å²) in [6.07, 6.45) is 4.27. The Balaban J connectivity index is 2.01. The highest BCUT2D eigenvalue weighted by Crippen LogP contribution is 2.04. The largest absolute Gasteiger partial charge is 0.461 e. The molecule has 0 saturated carbocycles. The summed E-state index contributed by atoms with van der Waals surface area (Å²) in [6.45, 7) is 0. The number of halogens is 1. The lowest BCUT2D eigenvalue weighted by Gasteiger charge is -1.90. The Kier molecular flexibility index (Phi) is 3.84. The molecule has 0 aliphatic rings. The highest BCUT2D eigenvalue weighted by molar-refractivity contribution is 7.07. The first-order valence-electron chi connectivity index (χ1n) is 6.38. The lowest BCUT2D eigenvalue weighted by atomic mass is 10.2. The van der Waals surface area contributed by atoms with Crippen molar-refractivity contribution in [1.82, 2.24) is 4.98 Å². The van der Waals surface area contributed by atoms with Gasteiger partial charge in [0.1, 0.15) is 5.82 Å². The zero-order chi connectivity index (χ0) is 15.5. The van der Waals surface area contributed by atoms with Crippen molar-refractivity contribution in [2.75, 3.05) is 0 Å². The van der Waals surface area contributed by atoms with Crippen LogP contribution in [0.25, 0.3) is 12.2 Å². The summed E-state index contributed by atoms with van der Waals surface area (Å²) in [5.74, 6) is -0.508. The van der Waals surface area contributed by atoms with E-state index in [-0.39, 0.29) is 22.9 Å². The molecule has 4 nitrogen and oxygen atoms in total. The molecule has 3 aromatic rings. The Morgan fingerprint density at radius 2 is 2.14 bits per heavy atom. The summed E-state index contributed by atoms with van der Waals surface area (Å²) >= 11 is 1.12. The number of rotatable bonds is 3. The van der Waals surface area contributed by atoms with Crippen molar-refractivity contribution in [3.05, 3.63) is 79.4 Å². The van der Waals surface area contributed by atoms with Crippen molar-refractivity contribution in [2.45, 2.75) is 0 Å². The molecule has 110 valence electrons. The molecule has 22 heavy (non-hydrogen) atoms. The van der Waals surface area contributed by atoms with Crippen LogP contribution in [0.15, 0.2) is 51.9 Å². The third-order valence-electron chi connectivity index (χ3n) is 2.85. The first-order chi connectivity index (χ1) is 10.6. The molecular weight excluding hydrogens is 305 g/mol. The van der Waals surface area contributed by atoms with Gasteiger partial charge in [-0.15, -0.1) is 11.3 Å². The number of furan rings is 1. The van der Waals surface area contributed by atoms with Crippen LogP contribution in [0.5, 0.6) is 0 Å². The molecule has 0 fully saturated rings. The molecular formula is C16H10FNO3S. The molecule has 0 amide bonds. The van der Waals surface area contributed by atoms with Crippen LogP contribution in [0, 0.1) is 5.82 Å². The smallest absolute Gasteiger partial charge is 0.266 e. The van der Waals surface area contributed by atoms with Crippen LogP contribution in [-0.4, -0.2) is 10.8 Å².